The lowest BCUT2D eigenvalue weighted by Gasteiger charge is -2.32. The number of aryl methyl sites for hydroxylation is 1. The van der Waals surface area contributed by atoms with Crippen LogP contribution in [0.25, 0.3) is 5.65 Å². The molecule has 0 saturated carbocycles. The van der Waals surface area contributed by atoms with Crippen LogP contribution in [0.2, 0.25) is 0 Å². The van der Waals surface area contributed by atoms with Crippen LogP contribution in [-0.2, 0) is 6.42 Å². The highest BCUT2D eigenvalue weighted by atomic mass is 127. The third-order valence-electron chi connectivity index (χ3n) is 4.54. The van der Waals surface area contributed by atoms with Gasteiger partial charge >= 0.3 is 0 Å². The molecule has 1 saturated heterocycles. The van der Waals surface area contributed by atoms with Gasteiger partial charge in [0.25, 0.3) is 0 Å². The maximum Gasteiger partial charge on any atom is 0.193 e. The second-order valence-electron chi connectivity index (χ2n) is 6.29. The summed E-state index contributed by atoms with van der Waals surface area (Å²) in [4.78, 5) is 6.79. The maximum atomic E-state index is 4.42. The van der Waals surface area contributed by atoms with Crippen molar-refractivity contribution in [1.82, 2.24) is 24.8 Å². The molecule has 0 spiro atoms. The number of likely N-dealkylation sites (tertiary alicyclic amines) is 1. The summed E-state index contributed by atoms with van der Waals surface area (Å²) < 4.78 is 2.06. The molecule has 0 aliphatic carbocycles. The molecule has 0 bridgehead atoms. The van der Waals surface area contributed by atoms with Gasteiger partial charge in [-0.15, -0.1) is 34.2 Å². The van der Waals surface area contributed by atoms with Crippen LogP contribution >= 0.6 is 24.0 Å². The zero-order valence-corrected chi connectivity index (χ0v) is 16.8. The first-order chi connectivity index (χ1) is 11.3. The molecular weight excluding hydrogens is 415 g/mol. The Morgan fingerprint density at radius 1 is 1.29 bits per heavy atom. The lowest BCUT2D eigenvalue weighted by molar-refractivity contribution is 0.273. The fraction of sp³-hybridized carbons (Fsp3) is 0.588. The number of fused-ring (bicyclic) bond motifs is 1. The Morgan fingerprint density at radius 2 is 2.08 bits per heavy atom. The van der Waals surface area contributed by atoms with E-state index in [-0.39, 0.29) is 24.0 Å². The van der Waals surface area contributed by atoms with Gasteiger partial charge in [-0.05, 0) is 37.3 Å². The Hall–Kier alpha value is -1.38. The second-order valence-corrected chi connectivity index (χ2v) is 6.29. The Kier molecular flexibility index (Phi) is 7.26. The smallest absolute Gasteiger partial charge is 0.193 e. The van der Waals surface area contributed by atoms with E-state index in [1.54, 1.807) is 0 Å². The Bertz CT molecular complexity index is 660. The monoisotopic (exact) mass is 442 g/mol. The maximum absolute atomic E-state index is 4.42. The highest BCUT2D eigenvalue weighted by Gasteiger charge is 2.18. The lowest BCUT2D eigenvalue weighted by atomic mass is 10.00. The SMILES string of the molecule is CN=C(NCCCc1nnc2ccccn12)N1CCC(C)CC1.I. The number of rotatable bonds is 4. The number of aromatic nitrogens is 3. The van der Waals surface area contributed by atoms with E-state index >= 15 is 0 Å². The Labute approximate surface area is 160 Å². The standard InChI is InChI=1S/C17H26N6.HI/c1-14-8-12-22(13-9-14)17(18-2)19-10-5-7-16-21-20-15-6-3-4-11-23(15)16;/h3-4,6,11,14H,5,7-10,12-13H2,1-2H3,(H,18,19);1H. The summed E-state index contributed by atoms with van der Waals surface area (Å²) in [6.07, 6.45) is 6.45. The molecule has 6 nitrogen and oxygen atoms in total. The van der Waals surface area contributed by atoms with E-state index in [0.717, 1.165) is 55.8 Å². The number of hydrogen-bond acceptors (Lipinski definition) is 3. The molecule has 7 heteroatoms. The van der Waals surface area contributed by atoms with Gasteiger partial charge in [-0.25, -0.2) is 0 Å². The number of hydrogen-bond donors (Lipinski definition) is 1. The number of guanidine groups is 1. The van der Waals surface area contributed by atoms with Crippen molar-refractivity contribution in [2.45, 2.75) is 32.6 Å². The molecule has 0 unspecified atom stereocenters. The minimum Gasteiger partial charge on any atom is -0.356 e. The van der Waals surface area contributed by atoms with Gasteiger partial charge in [-0.2, -0.15) is 0 Å². The van der Waals surface area contributed by atoms with Crippen molar-refractivity contribution >= 4 is 35.6 Å². The molecule has 1 fully saturated rings. The number of pyridine rings is 1. The average Bonchev–Trinajstić information content (AvgIpc) is 2.99. The van der Waals surface area contributed by atoms with E-state index in [9.17, 15) is 0 Å². The highest BCUT2D eigenvalue weighted by molar-refractivity contribution is 14.0. The molecule has 0 amide bonds. The van der Waals surface area contributed by atoms with E-state index < -0.39 is 0 Å². The predicted molar refractivity (Wildman–Crippen MR) is 108 cm³/mol. The third-order valence-corrected chi connectivity index (χ3v) is 4.54. The summed E-state index contributed by atoms with van der Waals surface area (Å²) in [5.41, 5.74) is 0.911. The van der Waals surface area contributed by atoms with Crippen LogP contribution in [0.1, 0.15) is 32.0 Å². The molecule has 1 aliphatic rings. The fourth-order valence-corrected chi connectivity index (χ4v) is 3.06. The zero-order chi connectivity index (χ0) is 16.1. The summed E-state index contributed by atoms with van der Waals surface area (Å²) in [6, 6.07) is 5.98. The number of piperidine rings is 1. The van der Waals surface area contributed by atoms with Crippen molar-refractivity contribution in [3.8, 4) is 0 Å². The molecule has 1 N–H and O–H groups in total. The van der Waals surface area contributed by atoms with Crippen molar-refractivity contribution in [1.29, 1.82) is 0 Å². The van der Waals surface area contributed by atoms with Crippen molar-refractivity contribution in [3.63, 3.8) is 0 Å². The van der Waals surface area contributed by atoms with Gasteiger partial charge in [0.2, 0.25) is 0 Å². The van der Waals surface area contributed by atoms with Crippen molar-refractivity contribution in [2.24, 2.45) is 10.9 Å². The van der Waals surface area contributed by atoms with E-state index in [1.165, 1.54) is 12.8 Å². The Balaban J connectivity index is 0.00000208. The summed E-state index contributed by atoms with van der Waals surface area (Å²) in [7, 11) is 1.87. The first-order valence-electron chi connectivity index (χ1n) is 8.52. The summed E-state index contributed by atoms with van der Waals surface area (Å²) in [5, 5.41) is 11.9. The number of halogens is 1. The number of nitrogens with one attached hydrogen (secondary N) is 1. The highest BCUT2D eigenvalue weighted by Crippen LogP contribution is 2.15. The largest absolute Gasteiger partial charge is 0.356 e. The molecule has 0 atom stereocenters. The van der Waals surface area contributed by atoms with Crippen LogP contribution in [0, 0.1) is 5.92 Å². The molecule has 3 rings (SSSR count). The predicted octanol–water partition coefficient (Wildman–Crippen LogP) is 2.59. The molecule has 0 aromatic carbocycles. The quantitative estimate of drug-likeness (QED) is 0.342. The van der Waals surface area contributed by atoms with E-state index in [2.05, 4.69) is 36.7 Å². The zero-order valence-electron chi connectivity index (χ0n) is 14.5. The van der Waals surface area contributed by atoms with Crippen LogP contribution in [0.3, 0.4) is 0 Å². The van der Waals surface area contributed by atoms with Gasteiger partial charge in [0.15, 0.2) is 11.6 Å². The number of aliphatic imine (C=N–C) groups is 1. The summed E-state index contributed by atoms with van der Waals surface area (Å²) in [5.74, 6) is 2.89. The van der Waals surface area contributed by atoms with Gasteiger partial charge < -0.3 is 10.2 Å². The fourth-order valence-electron chi connectivity index (χ4n) is 3.06. The van der Waals surface area contributed by atoms with Gasteiger partial charge in [-0.3, -0.25) is 9.39 Å². The minimum atomic E-state index is 0. The summed E-state index contributed by atoms with van der Waals surface area (Å²) >= 11 is 0. The van der Waals surface area contributed by atoms with Crippen LogP contribution in [0.4, 0.5) is 0 Å². The minimum absolute atomic E-state index is 0. The lowest BCUT2D eigenvalue weighted by Crippen LogP contribution is -2.45. The topological polar surface area (TPSA) is 57.8 Å². The second kappa shape index (κ2) is 9.19. The van der Waals surface area contributed by atoms with Crippen LogP contribution < -0.4 is 5.32 Å². The number of nitrogens with zero attached hydrogens (tertiary/aromatic N) is 5. The first kappa shape index (κ1) is 19.0. The molecule has 1 aliphatic heterocycles. The van der Waals surface area contributed by atoms with Crippen LogP contribution in [-0.4, -0.2) is 52.1 Å². The molecule has 24 heavy (non-hydrogen) atoms. The van der Waals surface area contributed by atoms with Gasteiger partial charge in [0.05, 0.1) is 0 Å². The third kappa shape index (κ3) is 4.58. The molecule has 132 valence electrons. The summed E-state index contributed by atoms with van der Waals surface area (Å²) in [6.45, 7) is 5.45. The van der Waals surface area contributed by atoms with Crippen molar-refractivity contribution < 1.29 is 0 Å². The van der Waals surface area contributed by atoms with Crippen LogP contribution in [0.5, 0.6) is 0 Å². The van der Waals surface area contributed by atoms with Gasteiger partial charge in [-0.1, -0.05) is 13.0 Å². The van der Waals surface area contributed by atoms with Crippen molar-refractivity contribution in [2.75, 3.05) is 26.7 Å². The molecular formula is C17H27IN6. The first-order valence-corrected chi connectivity index (χ1v) is 8.52. The van der Waals surface area contributed by atoms with Crippen LogP contribution in [0.15, 0.2) is 29.4 Å². The molecule has 2 aromatic rings. The molecule has 0 radical (unpaired) electrons. The normalized spacial score (nSPS) is 16.2. The average molecular weight is 442 g/mol. The molecule has 3 heterocycles. The Morgan fingerprint density at radius 3 is 2.83 bits per heavy atom. The molecule has 2 aromatic heterocycles. The van der Waals surface area contributed by atoms with Crippen molar-refractivity contribution in [3.05, 3.63) is 30.2 Å². The van der Waals surface area contributed by atoms with E-state index in [1.807, 2.05) is 31.4 Å². The van der Waals surface area contributed by atoms with E-state index in [4.69, 9.17) is 0 Å². The van der Waals surface area contributed by atoms with Gasteiger partial charge in [0, 0.05) is 39.3 Å². The van der Waals surface area contributed by atoms with Gasteiger partial charge in [0.1, 0.15) is 5.82 Å². The van der Waals surface area contributed by atoms with E-state index in [0.29, 0.717) is 0 Å².